The summed E-state index contributed by atoms with van der Waals surface area (Å²) in [7, 11) is 1.77. The van der Waals surface area contributed by atoms with E-state index in [1.807, 2.05) is 20.8 Å². The SMILES string of the molecule is CN=C(NCCCN1CC(C)OC(C)C1)NC1CN(C(=O)OC(C)(C)C)C1. The van der Waals surface area contributed by atoms with Gasteiger partial charge in [0.15, 0.2) is 5.96 Å². The van der Waals surface area contributed by atoms with Crippen LogP contribution in [-0.4, -0.2) is 92.0 Å². The molecule has 0 aromatic carbocycles. The van der Waals surface area contributed by atoms with E-state index in [4.69, 9.17) is 9.47 Å². The fourth-order valence-electron chi connectivity index (χ4n) is 3.41. The van der Waals surface area contributed by atoms with Crippen LogP contribution in [0.1, 0.15) is 41.0 Å². The lowest BCUT2D eigenvalue weighted by molar-refractivity contribution is -0.0679. The number of likely N-dealkylation sites (tertiary alicyclic amines) is 1. The Morgan fingerprint density at radius 3 is 2.37 bits per heavy atom. The first-order valence-electron chi connectivity index (χ1n) is 9.99. The van der Waals surface area contributed by atoms with Crippen molar-refractivity contribution in [3.8, 4) is 0 Å². The zero-order chi connectivity index (χ0) is 20.0. The number of guanidine groups is 1. The summed E-state index contributed by atoms with van der Waals surface area (Å²) in [6.45, 7) is 15.1. The second-order valence-corrected chi connectivity index (χ2v) is 8.60. The molecule has 2 unspecified atom stereocenters. The van der Waals surface area contributed by atoms with Crippen LogP contribution in [-0.2, 0) is 9.47 Å². The molecule has 0 aromatic rings. The number of hydrogen-bond acceptors (Lipinski definition) is 5. The summed E-state index contributed by atoms with van der Waals surface area (Å²) in [6, 6.07) is 0.213. The molecule has 27 heavy (non-hydrogen) atoms. The van der Waals surface area contributed by atoms with Crippen molar-refractivity contribution in [2.45, 2.75) is 64.9 Å². The molecule has 0 radical (unpaired) electrons. The zero-order valence-corrected chi connectivity index (χ0v) is 17.7. The number of carbonyl (C=O) groups excluding carboxylic acids is 1. The van der Waals surface area contributed by atoms with Crippen molar-refractivity contribution >= 4 is 12.1 Å². The molecule has 0 aliphatic carbocycles. The van der Waals surface area contributed by atoms with Crippen LogP contribution >= 0.6 is 0 Å². The molecule has 2 aliphatic heterocycles. The van der Waals surface area contributed by atoms with E-state index in [9.17, 15) is 4.79 Å². The molecule has 2 heterocycles. The molecule has 1 amide bonds. The second kappa shape index (κ2) is 9.59. The van der Waals surface area contributed by atoms with Gasteiger partial charge in [0, 0.05) is 46.3 Å². The molecule has 0 aromatic heterocycles. The van der Waals surface area contributed by atoms with Gasteiger partial charge < -0.3 is 25.0 Å². The maximum absolute atomic E-state index is 12.0. The minimum absolute atomic E-state index is 0.213. The molecule has 2 aliphatic rings. The smallest absolute Gasteiger partial charge is 0.410 e. The summed E-state index contributed by atoms with van der Waals surface area (Å²) in [5, 5.41) is 6.72. The van der Waals surface area contributed by atoms with Crippen LogP contribution in [0.2, 0.25) is 0 Å². The summed E-state index contributed by atoms with van der Waals surface area (Å²) >= 11 is 0. The van der Waals surface area contributed by atoms with E-state index < -0.39 is 5.60 Å². The van der Waals surface area contributed by atoms with Crippen molar-refractivity contribution in [2.75, 3.05) is 46.3 Å². The highest BCUT2D eigenvalue weighted by atomic mass is 16.6. The van der Waals surface area contributed by atoms with Gasteiger partial charge in [-0.1, -0.05) is 0 Å². The Morgan fingerprint density at radius 1 is 1.19 bits per heavy atom. The molecule has 0 spiro atoms. The lowest BCUT2D eigenvalue weighted by atomic mass is 10.1. The number of aliphatic imine (C=N–C) groups is 1. The zero-order valence-electron chi connectivity index (χ0n) is 17.7. The summed E-state index contributed by atoms with van der Waals surface area (Å²) in [5.74, 6) is 0.785. The molecule has 2 atom stereocenters. The number of nitrogens with one attached hydrogen (secondary N) is 2. The topological polar surface area (TPSA) is 78.4 Å². The van der Waals surface area contributed by atoms with Crippen LogP contribution in [0, 0.1) is 0 Å². The molecule has 8 nitrogen and oxygen atoms in total. The van der Waals surface area contributed by atoms with E-state index >= 15 is 0 Å². The third-order valence-corrected chi connectivity index (χ3v) is 4.54. The van der Waals surface area contributed by atoms with Gasteiger partial charge in [-0.25, -0.2) is 4.79 Å². The molecule has 2 rings (SSSR count). The van der Waals surface area contributed by atoms with E-state index in [1.165, 1.54) is 0 Å². The Bertz CT molecular complexity index is 504. The van der Waals surface area contributed by atoms with Crippen molar-refractivity contribution in [3.05, 3.63) is 0 Å². The number of morpholine rings is 1. The van der Waals surface area contributed by atoms with Gasteiger partial charge in [-0.3, -0.25) is 9.89 Å². The second-order valence-electron chi connectivity index (χ2n) is 8.60. The first-order chi connectivity index (χ1) is 12.7. The summed E-state index contributed by atoms with van der Waals surface area (Å²) in [5.41, 5.74) is -0.455. The first-order valence-corrected chi connectivity index (χ1v) is 9.99. The molecule has 156 valence electrons. The molecule has 2 N–H and O–H groups in total. The summed E-state index contributed by atoms with van der Waals surface area (Å²) < 4.78 is 11.1. The van der Waals surface area contributed by atoms with Gasteiger partial charge in [-0.05, 0) is 41.0 Å². The molecular weight excluding hydrogens is 346 g/mol. The van der Waals surface area contributed by atoms with E-state index in [2.05, 4.69) is 34.4 Å². The third-order valence-electron chi connectivity index (χ3n) is 4.54. The van der Waals surface area contributed by atoms with Crippen LogP contribution in [0.25, 0.3) is 0 Å². The van der Waals surface area contributed by atoms with Crippen LogP contribution in [0.3, 0.4) is 0 Å². The van der Waals surface area contributed by atoms with E-state index in [0.29, 0.717) is 25.3 Å². The van der Waals surface area contributed by atoms with Gasteiger partial charge in [0.1, 0.15) is 5.60 Å². The summed E-state index contributed by atoms with van der Waals surface area (Å²) in [4.78, 5) is 20.4. The standard InChI is InChI=1S/C19H37N5O3/c1-14-10-23(11-15(2)26-14)9-7-8-21-17(20-6)22-16-12-24(13-16)18(25)27-19(3,4)5/h14-16H,7-13H2,1-6H3,(H2,20,21,22). The average Bonchev–Trinajstić information content (AvgIpc) is 2.49. The maximum atomic E-state index is 12.0. The lowest BCUT2D eigenvalue weighted by Crippen LogP contribution is -2.63. The molecule has 0 saturated carbocycles. The highest BCUT2D eigenvalue weighted by molar-refractivity contribution is 5.80. The maximum Gasteiger partial charge on any atom is 0.410 e. The van der Waals surface area contributed by atoms with Crippen LogP contribution in [0.15, 0.2) is 4.99 Å². The van der Waals surface area contributed by atoms with Crippen molar-refractivity contribution in [3.63, 3.8) is 0 Å². The number of hydrogen-bond donors (Lipinski definition) is 2. The van der Waals surface area contributed by atoms with Crippen molar-refractivity contribution in [1.29, 1.82) is 0 Å². The molecule has 0 bridgehead atoms. The molecular formula is C19H37N5O3. The predicted octanol–water partition coefficient (Wildman–Crippen LogP) is 1.27. The molecule has 2 fully saturated rings. The average molecular weight is 384 g/mol. The lowest BCUT2D eigenvalue weighted by Gasteiger charge is -2.40. The van der Waals surface area contributed by atoms with Crippen LogP contribution in [0.5, 0.6) is 0 Å². The third kappa shape index (κ3) is 7.54. The van der Waals surface area contributed by atoms with E-state index in [1.54, 1.807) is 11.9 Å². The Kier molecular flexibility index (Phi) is 7.73. The number of nitrogens with zero attached hydrogens (tertiary/aromatic N) is 3. The van der Waals surface area contributed by atoms with Gasteiger partial charge in [0.05, 0.1) is 18.2 Å². The highest BCUT2D eigenvalue weighted by Gasteiger charge is 2.34. The normalized spacial score (nSPS) is 25.1. The fraction of sp³-hybridized carbons (Fsp3) is 0.895. The first kappa shape index (κ1) is 21.8. The number of rotatable bonds is 5. The van der Waals surface area contributed by atoms with Gasteiger partial charge in [0.25, 0.3) is 0 Å². The number of ether oxygens (including phenoxy) is 2. The fourth-order valence-corrected chi connectivity index (χ4v) is 3.41. The van der Waals surface area contributed by atoms with Crippen molar-refractivity contribution < 1.29 is 14.3 Å². The largest absolute Gasteiger partial charge is 0.444 e. The highest BCUT2D eigenvalue weighted by Crippen LogP contribution is 2.15. The Morgan fingerprint density at radius 2 is 1.81 bits per heavy atom. The van der Waals surface area contributed by atoms with Crippen LogP contribution in [0.4, 0.5) is 4.79 Å². The molecule has 2 saturated heterocycles. The number of carbonyl (C=O) groups is 1. The predicted molar refractivity (Wildman–Crippen MR) is 107 cm³/mol. The van der Waals surface area contributed by atoms with Crippen molar-refractivity contribution in [1.82, 2.24) is 20.4 Å². The minimum Gasteiger partial charge on any atom is -0.444 e. The minimum atomic E-state index is -0.455. The Hall–Kier alpha value is -1.54. The van der Waals surface area contributed by atoms with Crippen molar-refractivity contribution in [2.24, 2.45) is 4.99 Å². The van der Waals surface area contributed by atoms with Gasteiger partial charge in [0.2, 0.25) is 0 Å². The Labute approximate surface area is 163 Å². The van der Waals surface area contributed by atoms with Gasteiger partial charge >= 0.3 is 6.09 Å². The monoisotopic (exact) mass is 383 g/mol. The van der Waals surface area contributed by atoms with Gasteiger partial charge in [-0.15, -0.1) is 0 Å². The van der Waals surface area contributed by atoms with Gasteiger partial charge in [-0.2, -0.15) is 0 Å². The van der Waals surface area contributed by atoms with Crippen LogP contribution < -0.4 is 10.6 Å². The summed E-state index contributed by atoms with van der Waals surface area (Å²) in [6.07, 6.45) is 1.41. The Balaban J connectivity index is 1.60. The molecule has 8 heteroatoms. The van der Waals surface area contributed by atoms with E-state index in [-0.39, 0.29) is 12.1 Å². The quantitative estimate of drug-likeness (QED) is 0.423. The number of amides is 1. The van der Waals surface area contributed by atoms with E-state index in [0.717, 1.165) is 38.6 Å².